The van der Waals surface area contributed by atoms with Crippen LogP contribution in [0.2, 0.25) is 0 Å². The lowest BCUT2D eigenvalue weighted by molar-refractivity contribution is -0.123. The van der Waals surface area contributed by atoms with Gasteiger partial charge >= 0.3 is 0 Å². The molecule has 33 heavy (non-hydrogen) atoms. The molecule has 0 fully saturated rings. The SMILES string of the molecule is O=C(COc1ccccc1)NCCCCCc1nc2ccccc2n1CCc1ccccc1. The van der Waals surface area contributed by atoms with Gasteiger partial charge in [0.25, 0.3) is 5.91 Å². The number of aryl methyl sites for hydroxylation is 3. The normalized spacial score (nSPS) is 10.9. The zero-order valence-electron chi connectivity index (χ0n) is 19.0. The first-order valence-electron chi connectivity index (χ1n) is 11.7. The molecular weight excluding hydrogens is 410 g/mol. The third-order valence-corrected chi connectivity index (χ3v) is 5.71. The highest BCUT2D eigenvalue weighted by Gasteiger charge is 2.10. The monoisotopic (exact) mass is 441 g/mol. The van der Waals surface area contributed by atoms with Gasteiger partial charge in [0.05, 0.1) is 11.0 Å². The molecule has 0 saturated heterocycles. The number of benzene rings is 3. The van der Waals surface area contributed by atoms with Crippen molar-refractivity contribution in [1.29, 1.82) is 0 Å². The number of unbranched alkanes of at least 4 members (excludes halogenated alkanes) is 2. The number of fused-ring (bicyclic) bond motifs is 1. The highest BCUT2D eigenvalue weighted by Crippen LogP contribution is 2.19. The summed E-state index contributed by atoms with van der Waals surface area (Å²) in [5.41, 5.74) is 3.61. The van der Waals surface area contributed by atoms with Crippen LogP contribution in [0, 0.1) is 0 Å². The van der Waals surface area contributed by atoms with E-state index in [0.717, 1.165) is 50.0 Å². The lowest BCUT2D eigenvalue weighted by Crippen LogP contribution is -2.29. The average Bonchev–Trinajstić information content (AvgIpc) is 3.22. The molecule has 0 saturated carbocycles. The number of amides is 1. The number of nitrogens with zero attached hydrogens (tertiary/aromatic N) is 2. The molecule has 0 bridgehead atoms. The van der Waals surface area contributed by atoms with Crippen LogP contribution < -0.4 is 10.1 Å². The van der Waals surface area contributed by atoms with Gasteiger partial charge in [0.15, 0.2) is 6.61 Å². The second-order valence-electron chi connectivity index (χ2n) is 8.17. The smallest absolute Gasteiger partial charge is 0.257 e. The maximum absolute atomic E-state index is 12.0. The number of aromatic nitrogens is 2. The fraction of sp³-hybridized carbons (Fsp3) is 0.286. The van der Waals surface area contributed by atoms with E-state index in [-0.39, 0.29) is 12.5 Å². The number of ether oxygens (including phenoxy) is 1. The number of nitrogens with one attached hydrogen (secondary N) is 1. The summed E-state index contributed by atoms with van der Waals surface area (Å²) in [4.78, 5) is 16.9. The quantitative estimate of drug-likeness (QED) is 0.308. The molecule has 0 aliphatic rings. The van der Waals surface area contributed by atoms with Gasteiger partial charge in [-0.1, -0.05) is 67.1 Å². The molecular formula is C28H31N3O2. The molecule has 170 valence electrons. The van der Waals surface area contributed by atoms with Gasteiger partial charge in [-0.15, -0.1) is 0 Å². The van der Waals surface area contributed by atoms with Crippen LogP contribution in [0.4, 0.5) is 0 Å². The summed E-state index contributed by atoms with van der Waals surface area (Å²) in [5.74, 6) is 1.77. The molecule has 4 rings (SSSR count). The summed E-state index contributed by atoms with van der Waals surface area (Å²) in [5, 5.41) is 2.94. The molecule has 0 spiro atoms. The second-order valence-corrected chi connectivity index (χ2v) is 8.17. The van der Waals surface area contributed by atoms with Crippen molar-refractivity contribution < 1.29 is 9.53 Å². The van der Waals surface area contributed by atoms with Crippen LogP contribution in [0.25, 0.3) is 11.0 Å². The van der Waals surface area contributed by atoms with Crippen LogP contribution in [0.1, 0.15) is 30.7 Å². The molecule has 0 aliphatic carbocycles. The number of carbonyl (C=O) groups excluding carboxylic acids is 1. The largest absolute Gasteiger partial charge is 0.484 e. The van der Waals surface area contributed by atoms with E-state index >= 15 is 0 Å². The number of rotatable bonds is 12. The Labute approximate surface area is 195 Å². The molecule has 1 aromatic heterocycles. The Morgan fingerprint density at radius 2 is 1.55 bits per heavy atom. The Morgan fingerprint density at radius 1 is 0.818 bits per heavy atom. The molecule has 1 amide bonds. The van der Waals surface area contributed by atoms with Crippen molar-refractivity contribution in [1.82, 2.24) is 14.9 Å². The van der Waals surface area contributed by atoms with Gasteiger partial charge in [0, 0.05) is 19.5 Å². The lowest BCUT2D eigenvalue weighted by atomic mass is 10.1. The Hall–Kier alpha value is -3.60. The number of imidazole rings is 1. The minimum Gasteiger partial charge on any atom is -0.484 e. The summed E-state index contributed by atoms with van der Waals surface area (Å²) < 4.78 is 7.84. The molecule has 5 heteroatoms. The first-order chi connectivity index (χ1) is 16.3. The Kier molecular flexibility index (Phi) is 8.12. The first kappa shape index (κ1) is 22.6. The average molecular weight is 442 g/mol. The molecule has 0 aliphatic heterocycles. The lowest BCUT2D eigenvalue weighted by Gasteiger charge is -2.10. The first-order valence-corrected chi connectivity index (χ1v) is 11.7. The maximum atomic E-state index is 12.0. The van der Waals surface area contributed by atoms with Gasteiger partial charge < -0.3 is 14.6 Å². The molecule has 1 heterocycles. The number of hydrogen-bond donors (Lipinski definition) is 1. The Bertz CT molecular complexity index is 1140. The van der Waals surface area contributed by atoms with Crippen LogP contribution in [0.3, 0.4) is 0 Å². The molecule has 0 unspecified atom stereocenters. The third kappa shape index (κ3) is 6.69. The zero-order valence-corrected chi connectivity index (χ0v) is 19.0. The van der Waals surface area contributed by atoms with Crippen LogP contribution >= 0.6 is 0 Å². The van der Waals surface area contributed by atoms with Crippen molar-refractivity contribution in [3.8, 4) is 5.75 Å². The highest BCUT2D eigenvalue weighted by atomic mass is 16.5. The van der Waals surface area contributed by atoms with Crippen molar-refractivity contribution in [3.63, 3.8) is 0 Å². The van der Waals surface area contributed by atoms with E-state index in [0.29, 0.717) is 12.3 Å². The van der Waals surface area contributed by atoms with Gasteiger partial charge in [-0.2, -0.15) is 0 Å². The molecule has 5 nitrogen and oxygen atoms in total. The number of hydrogen-bond acceptors (Lipinski definition) is 3. The van der Waals surface area contributed by atoms with Gasteiger partial charge in [-0.05, 0) is 49.1 Å². The Morgan fingerprint density at radius 3 is 2.36 bits per heavy atom. The fourth-order valence-electron chi connectivity index (χ4n) is 3.98. The zero-order chi connectivity index (χ0) is 22.7. The van der Waals surface area contributed by atoms with Gasteiger partial charge in [0.1, 0.15) is 11.6 Å². The van der Waals surface area contributed by atoms with E-state index in [1.807, 2.05) is 36.4 Å². The van der Waals surface area contributed by atoms with E-state index in [1.165, 1.54) is 11.1 Å². The maximum Gasteiger partial charge on any atom is 0.257 e. The molecule has 0 radical (unpaired) electrons. The number of para-hydroxylation sites is 3. The van der Waals surface area contributed by atoms with E-state index in [9.17, 15) is 4.79 Å². The molecule has 3 aromatic carbocycles. The van der Waals surface area contributed by atoms with E-state index in [1.54, 1.807) is 0 Å². The van der Waals surface area contributed by atoms with Crippen molar-refractivity contribution in [2.24, 2.45) is 0 Å². The van der Waals surface area contributed by atoms with Crippen LogP contribution in [0.5, 0.6) is 5.75 Å². The molecule has 0 atom stereocenters. The topological polar surface area (TPSA) is 56.1 Å². The minimum atomic E-state index is -0.0819. The summed E-state index contributed by atoms with van der Waals surface area (Å²) in [6, 6.07) is 28.4. The third-order valence-electron chi connectivity index (χ3n) is 5.71. The van der Waals surface area contributed by atoms with Gasteiger partial charge in [0.2, 0.25) is 0 Å². The van der Waals surface area contributed by atoms with Crippen molar-refractivity contribution in [2.75, 3.05) is 13.2 Å². The van der Waals surface area contributed by atoms with E-state index < -0.39 is 0 Å². The van der Waals surface area contributed by atoms with E-state index in [4.69, 9.17) is 9.72 Å². The van der Waals surface area contributed by atoms with Crippen LogP contribution in [-0.4, -0.2) is 28.6 Å². The highest BCUT2D eigenvalue weighted by molar-refractivity contribution is 5.77. The number of carbonyl (C=O) groups is 1. The van der Waals surface area contributed by atoms with Crippen LogP contribution in [0.15, 0.2) is 84.9 Å². The van der Waals surface area contributed by atoms with Crippen molar-refractivity contribution in [2.45, 2.75) is 38.6 Å². The van der Waals surface area contributed by atoms with Crippen molar-refractivity contribution in [3.05, 3.63) is 96.3 Å². The van der Waals surface area contributed by atoms with Gasteiger partial charge in [-0.3, -0.25) is 4.79 Å². The fourth-order valence-corrected chi connectivity index (χ4v) is 3.98. The predicted molar refractivity (Wildman–Crippen MR) is 132 cm³/mol. The van der Waals surface area contributed by atoms with Crippen molar-refractivity contribution >= 4 is 16.9 Å². The Balaban J connectivity index is 1.21. The summed E-state index contributed by atoms with van der Waals surface area (Å²) in [7, 11) is 0. The van der Waals surface area contributed by atoms with E-state index in [2.05, 4.69) is 58.4 Å². The molecule has 1 N–H and O–H groups in total. The molecule has 4 aromatic rings. The predicted octanol–water partition coefficient (Wildman–Crippen LogP) is 5.19. The summed E-state index contributed by atoms with van der Waals surface area (Å²) >= 11 is 0. The van der Waals surface area contributed by atoms with Gasteiger partial charge in [-0.25, -0.2) is 4.98 Å². The second kappa shape index (κ2) is 11.9. The minimum absolute atomic E-state index is 0.0510. The summed E-state index contributed by atoms with van der Waals surface area (Å²) in [6.45, 7) is 1.65. The van der Waals surface area contributed by atoms with Crippen LogP contribution in [-0.2, 0) is 24.2 Å². The standard InChI is InChI=1S/C28H31N3O2/c32-28(22-33-24-14-6-2-7-15-24)29-20-11-3-8-18-27-30-25-16-9-10-17-26(25)31(27)21-19-23-12-4-1-5-13-23/h1-2,4-7,9-10,12-17H,3,8,11,18-22H2,(H,29,32). The summed E-state index contributed by atoms with van der Waals surface area (Å²) in [6.07, 6.45) is 4.97.